The molecule has 0 aliphatic rings. The van der Waals surface area contributed by atoms with Gasteiger partial charge in [-0.1, -0.05) is 12.1 Å². The van der Waals surface area contributed by atoms with Crippen LogP contribution in [0.4, 0.5) is 14.5 Å². The van der Waals surface area contributed by atoms with Gasteiger partial charge in [-0.05, 0) is 32.9 Å². The first kappa shape index (κ1) is 14.7. The lowest BCUT2D eigenvalue weighted by Crippen LogP contribution is -2.38. The van der Waals surface area contributed by atoms with Gasteiger partial charge in [0.1, 0.15) is 5.75 Å². The molecule has 0 saturated heterocycles. The van der Waals surface area contributed by atoms with Crippen LogP contribution >= 0.6 is 0 Å². The highest BCUT2D eigenvalue weighted by molar-refractivity contribution is 5.56. The second-order valence-electron chi connectivity index (χ2n) is 4.98. The molecule has 0 saturated carbocycles. The maximum atomic E-state index is 12.2. The Morgan fingerprint density at radius 3 is 2.44 bits per heavy atom. The van der Waals surface area contributed by atoms with Crippen molar-refractivity contribution in [3.05, 3.63) is 24.3 Å². The summed E-state index contributed by atoms with van der Waals surface area (Å²) in [5, 5.41) is 6.37. The molecule has 0 radical (unpaired) electrons. The quantitative estimate of drug-likeness (QED) is 0.769. The van der Waals surface area contributed by atoms with Gasteiger partial charge in [0.2, 0.25) is 0 Å². The number of anilines is 1. The molecule has 0 atom stereocenters. The molecule has 1 rings (SSSR count). The molecule has 2 N–H and O–H groups in total. The Morgan fingerprint density at radius 2 is 1.83 bits per heavy atom. The predicted molar refractivity (Wildman–Crippen MR) is 69.3 cm³/mol. The second-order valence-corrected chi connectivity index (χ2v) is 4.98. The Morgan fingerprint density at radius 1 is 1.17 bits per heavy atom. The third kappa shape index (κ3) is 5.82. The first-order chi connectivity index (χ1) is 8.38. The van der Waals surface area contributed by atoms with Crippen LogP contribution in [0, 0.1) is 0 Å². The third-order valence-corrected chi connectivity index (χ3v) is 2.20. The van der Waals surface area contributed by atoms with Crippen molar-refractivity contribution < 1.29 is 13.5 Å². The van der Waals surface area contributed by atoms with Crippen LogP contribution < -0.4 is 15.4 Å². The molecule has 0 spiro atoms. The number of alkyl halides is 2. The Hall–Kier alpha value is -1.36. The molecule has 0 unspecified atom stereocenters. The average Bonchev–Trinajstić information content (AvgIpc) is 2.24. The van der Waals surface area contributed by atoms with Crippen molar-refractivity contribution in [1.82, 2.24) is 5.32 Å². The number of para-hydroxylation sites is 2. The van der Waals surface area contributed by atoms with Gasteiger partial charge in [-0.25, -0.2) is 0 Å². The minimum atomic E-state index is -2.80. The van der Waals surface area contributed by atoms with E-state index in [-0.39, 0.29) is 11.3 Å². The average molecular weight is 258 g/mol. The van der Waals surface area contributed by atoms with Crippen LogP contribution in [-0.2, 0) is 0 Å². The lowest BCUT2D eigenvalue weighted by atomic mass is 10.1. The monoisotopic (exact) mass is 258 g/mol. The van der Waals surface area contributed by atoms with Gasteiger partial charge < -0.3 is 15.4 Å². The zero-order valence-electron chi connectivity index (χ0n) is 11.0. The number of ether oxygens (including phenoxy) is 1. The van der Waals surface area contributed by atoms with Gasteiger partial charge in [-0.2, -0.15) is 8.78 Å². The fraction of sp³-hybridized carbons (Fsp3) is 0.538. The van der Waals surface area contributed by atoms with Gasteiger partial charge >= 0.3 is 6.61 Å². The highest BCUT2D eigenvalue weighted by atomic mass is 19.3. The smallest absolute Gasteiger partial charge is 0.387 e. The highest BCUT2D eigenvalue weighted by Crippen LogP contribution is 2.24. The van der Waals surface area contributed by atoms with Gasteiger partial charge in [-0.15, -0.1) is 0 Å². The molecule has 18 heavy (non-hydrogen) atoms. The summed E-state index contributed by atoms with van der Waals surface area (Å²) in [5.41, 5.74) is 0.620. The maximum Gasteiger partial charge on any atom is 0.387 e. The summed E-state index contributed by atoms with van der Waals surface area (Å²) in [6.45, 7) is 4.79. The number of rotatable bonds is 6. The predicted octanol–water partition coefficient (Wildman–Crippen LogP) is 3.09. The van der Waals surface area contributed by atoms with E-state index in [0.717, 1.165) is 6.54 Å². The van der Waals surface area contributed by atoms with Crippen molar-refractivity contribution in [3.8, 4) is 5.75 Å². The van der Waals surface area contributed by atoms with E-state index in [4.69, 9.17) is 0 Å². The largest absolute Gasteiger partial charge is 0.433 e. The van der Waals surface area contributed by atoms with E-state index in [9.17, 15) is 8.78 Å². The van der Waals surface area contributed by atoms with Crippen LogP contribution in [0.2, 0.25) is 0 Å². The summed E-state index contributed by atoms with van der Waals surface area (Å²) in [7, 11) is 0. The van der Waals surface area contributed by atoms with Crippen molar-refractivity contribution in [2.45, 2.75) is 32.9 Å². The van der Waals surface area contributed by atoms with Crippen molar-refractivity contribution >= 4 is 5.69 Å². The van der Waals surface area contributed by atoms with Crippen LogP contribution in [0.25, 0.3) is 0 Å². The van der Waals surface area contributed by atoms with Crippen molar-refractivity contribution in [1.29, 1.82) is 0 Å². The van der Waals surface area contributed by atoms with Crippen LogP contribution in [0.3, 0.4) is 0 Å². The maximum absolute atomic E-state index is 12.2. The second kappa shape index (κ2) is 6.54. The van der Waals surface area contributed by atoms with Crippen LogP contribution in [-0.4, -0.2) is 25.2 Å². The van der Waals surface area contributed by atoms with Crippen LogP contribution in [0.1, 0.15) is 20.8 Å². The van der Waals surface area contributed by atoms with Crippen molar-refractivity contribution in [2.75, 3.05) is 18.4 Å². The highest BCUT2D eigenvalue weighted by Gasteiger charge is 2.10. The summed E-state index contributed by atoms with van der Waals surface area (Å²) in [4.78, 5) is 0. The molecule has 1 aromatic rings. The Kier molecular flexibility index (Phi) is 5.34. The normalized spacial score (nSPS) is 11.7. The SMILES string of the molecule is CC(C)(C)NCCNc1ccccc1OC(F)F. The van der Waals surface area contributed by atoms with Crippen LogP contribution in [0.15, 0.2) is 24.3 Å². The van der Waals surface area contributed by atoms with E-state index >= 15 is 0 Å². The minimum Gasteiger partial charge on any atom is -0.433 e. The lowest BCUT2D eigenvalue weighted by molar-refractivity contribution is -0.0493. The number of nitrogens with one attached hydrogen (secondary N) is 2. The first-order valence-corrected chi connectivity index (χ1v) is 5.91. The number of hydrogen-bond acceptors (Lipinski definition) is 3. The van der Waals surface area contributed by atoms with E-state index < -0.39 is 6.61 Å². The molecule has 102 valence electrons. The molecule has 0 aliphatic carbocycles. The van der Waals surface area contributed by atoms with E-state index in [1.807, 2.05) is 0 Å². The summed E-state index contributed by atoms with van der Waals surface area (Å²) >= 11 is 0. The standard InChI is InChI=1S/C13H20F2N2O/c1-13(2,3)17-9-8-16-10-6-4-5-7-11(10)18-12(14)15/h4-7,12,16-17H,8-9H2,1-3H3. The molecular weight excluding hydrogens is 238 g/mol. The topological polar surface area (TPSA) is 33.3 Å². The van der Waals surface area contributed by atoms with Gasteiger partial charge in [0, 0.05) is 18.6 Å². The van der Waals surface area contributed by atoms with Gasteiger partial charge in [0.05, 0.1) is 5.69 Å². The molecule has 0 heterocycles. The van der Waals surface area contributed by atoms with E-state index in [2.05, 4.69) is 36.1 Å². The summed E-state index contributed by atoms with van der Waals surface area (Å²) < 4.78 is 28.8. The molecule has 3 nitrogen and oxygen atoms in total. The minimum absolute atomic E-state index is 0.0423. The van der Waals surface area contributed by atoms with E-state index in [1.165, 1.54) is 6.07 Å². The zero-order valence-corrected chi connectivity index (χ0v) is 11.0. The zero-order chi connectivity index (χ0) is 13.6. The van der Waals surface area contributed by atoms with Crippen LogP contribution in [0.5, 0.6) is 5.75 Å². The summed E-state index contributed by atoms with van der Waals surface area (Å²) in [5.74, 6) is 0.170. The first-order valence-electron chi connectivity index (χ1n) is 5.91. The van der Waals surface area contributed by atoms with E-state index in [1.54, 1.807) is 18.2 Å². The molecule has 0 amide bonds. The number of hydrogen-bond donors (Lipinski definition) is 2. The summed E-state index contributed by atoms with van der Waals surface area (Å²) in [6.07, 6.45) is 0. The molecule has 5 heteroatoms. The molecule has 0 bridgehead atoms. The Labute approximate surface area is 107 Å². The van der Waals surface area contributed by atoms with Gasteiger partial charge in [-0.3, -0.25) is 0 Å². The molecular formula is C13H20F2N2O. The third-order valence-electron chi connectivity index (χ3n) is 2.20. The number of halogens is 2. The van der Waals surface area contributed by atoms with E-state index in [0.29, 0.717) is 12.2 Å². The Bertz CT molecular complexity index is 364. The van der Waals surface area contributed by atoms with Crippen molar-refractivity contribution in [2.24, 2.45) is 0 Å². The molecule has 1 aromatic carbocycles. The Balaban J connectivity index is 2.46. The fourth-order valence-electron chi connectivity index (χ4n) is 1.45. The van der Waals surface area contributed by atoms with Crippen molar-refractivity contribution in [3.63, 3.8) is 0 Å². The summed E-state index contributed by atoms with van der Waals surface area (Å²) in [6, 6.07) is 6.68. The lowest BCUT2D eigenvalue weighted by Gasteiger charge is -2.21. The fourth-order valence-corrected chi connectivity index (χ4v) is 1.45. The molecule has 0 aliphatic heterocycles. The van der Waals surface area contributed by atoms with Gasteiger partial charge in [0.15, 0.2) is 0 Å². The molecule has 0 fully saturated rings. The van der Waals surface area contributed by atoms with Gasteiger partial charge in [0.25, 0.3) is 0 Å². The number of benzene rings is 1. The molecule has 0 aromatic heterocycles.